The van der Waals surface area contributed by atoms with Crippen molar-refractivity contribution < 1.29 is 10.0 Å². The second-order valence-corrected chi connectivity index (χ2v) is 5.95. The molecule has 3 N–H and O–H groups in total. The Balaban J connectivity index is 2.52. The summed E-state index contributed by atoms with van der Waals surface area (Å²) in [6.45, 7) is 5.77. The third-order valence-corrected chi connectivity index (χ3v) is 3.72. The summed E-state index contributed by atoms with van der Waals surface area (Å²) in [4.78, 5) is 16.2. The molecule has 6 nitrogen and oxygen atoms in total. The molecule has 0 saturated heterocycles. The number of hydrogen-bond acceptors (Lipinski definition) is 4. The zero-order chi connectivity index (χ0) is 15.6. The van der Waals surface area contributed by atoms with Gasteiger partial charge in [0.05, 0.1) is 5.69 Å². The Hall–Kier alpha value is -1.60. The van der Waals surface area contributed by atoms with Crippen LogP contribution in [0.2, 0.25) is 0 Å². The number of pyridine rings is 1. The number of anilines is 1. The molecule has 1 unspecified atom stereocenters. The van der Waals surface area contributed by atoms with Gasteiger partial charge in [0.25, 0.3) is 5.91 Å². The number of carbonyl (C=O) groups excluding carboxylic acids is 1. The van der Waals surface area contributed by atoms with Crippen molar-refractivity contribution in [3.8, 4) is 0 Å². The zero-order valence-electron chi connectivity index (χ0n) is 12.3. The monoisotopic (exact) mass is 354 g/mol. The van der Waals surface area contributed by atoms with Gasteiger partial charge in [0.2, 0.25) is 0 Å². The highest BCUT2D eigenvalue weighted by atomic mass is 79.9. The lowest BCUT2D eigenvalue weighted by molar-refractivity contribution is -0.129. The summed E-state index contributed by atoms with van der Waals surface area (Å²) in [6.07, 6.45) is 3.69. The average molecular weight is 355 g/mol. The number of halogens is 1. The third kappa shape index (κ3) is 3.19. The van der Waals surface area contributed by atoms with E-state index in [0.29, 0.717) is 0 Å². The number of rotatable bonds is 5. The first-order valence-electron chi connectivity index (χ1n) is 6.85. The predicted molar refractivity (Wildman–Crippen MR) is 84.6 cm³/mol. The third-order valence-electron chi connectivity index (χ3n) is 3.29. The van der Waals surface area contributed by atoms with E-state index in [4.69, 9.17) is 5.21 Å². The summed E-state index contributed by atoms with van der Waals surface area (Å²) < 4.78 is 2.88. The van der Waals surface area contributed by atoms with Gasteiger partial charge in [-0.1, -0.05) is 13.3 Å². The van der Waals surface area contributed by atoms with Crippen LogP contribution in [0.25, 0.3) is 5.65 Å². The Morgan fingerprint density at radius 3 is 2.90 bits per heavy atom. The van der Waals surface area contributed by atoms with Crippen LogP contribution >= 0.6 is 15.9 Å². The predicted octanol–water partition coefficient (Wildman–Crippen LogP) is 2.66. The summed E-state index contributed by atoms with van der Waals surface area (Å²) in [5.41, 5.74) is 4.48. The van der Waals surface area contributed by atoms with Gasteiger partial charge in [0.1, 0.15) is 17.5 Å². The number of aromatic nitrogens is 2. The molecule has 0 radical (unpaired) electrons. The number of carbonyl (C=O) groups is 1. The maximum Gasteiger partial charge on any atom is 0.265 e. The van der Waals surface area contributed by atoms with Crippen LogP contribution in [0.5, 0.6) is 0 Å². The van der Waals surface area contributed by atoms with E-state index in [0.717, 1.165) is 40.0 Å². The number of aryl methyl sites for hydroxylation is 2. The minimum atomic E-state index is -0.565. The van der Waals surface area contributed by atoms with Crippen LogP contribution in [-0.4, -0.2) is 26.5 Å². The molecule has 0 fully saturated rings. The van der Waals surface area contributed by atoms with E-state index >= 15 is 0 Å². The van der Waals surface area contributed by atoms with E-state index in [1.165, 1.54) is 0 Å². The van der Waals surface area contributed by atoms with Crippen LogP contribution in [0.3, 0.4) is 0 Å². The SMILES string of the molecule is CCCc1nc2c(C)cc(Br)cn2c1NC(C)C(=O)NO. The summed E-state index contributed by atoms with van der Waals surface area (Å²) >= 11 is 3.48. The van der Waals surface area contributed by atoms with Gasteiger partial charge in [-0.2, -0.15) is 0 Å². The first-order chi connectivity index (χ1) is 9.97. The highest BCUT2D eigenvalue weighted by Crippen LogP contribution is 2.25. The molecule has 114 valence electrons. The molecule has 2 rings (SSSR count). The molecular formula is C14H19BrN4O2. The fraction of sp³-hybridized carbons (Fsp3) is 0.429. The fourth-order valence-electron chi connectivity index (χ4n) is 2.25. The maximum atomic E-state index is 11.5. The van der Waals surface area contributed by atoms with Crippen molar-refractivity contribution >= 4 is 33.3 Å². The Labute approximate surface area is 131 Å². The zero-order valence-corrected chi connectivity index (χ0v) is 13.9. The smallest absolute Gasteiger partial charge is 0.265 e. The van der Waals surface area contributed by atoms with Gasteiger partial charge in [0, 0.05) is 10.7 Å². The first-order valence-corrected chi connectivity index (χ1v) is 7.64. The minimum Gasteiger partial charge on any atom is -0.358 e. The molecule has 2 aromatic heterocycles. The molecule has 0 aromatic carbocycles. The topological polar surface area (TPSA) is 78.7 Å². The van der Waals surface area contributed by atoms with Crippen molar-refractivity contribution in [1.29, 1.82) is 0 Å². The second-order valence-electron chi connectivity index (χ2n) is 5.03. The molecule has 1 atom stereocenters. The van der Waals surface area contributed by atoms with Crippen molar-refractivity contribution in [2.75, 3.05) is 5.32 Å². The van der Waals surface area contributed by atoms with E-state index in [-0.39, 0.29) is 0 Å². The van der Waals surface area contributed by atoms with E-state index in [1.807, 2.05) is 23.6 Å². The Morgan fingerprint density at radius 1 is 1.57 bits per heavy atom. The molecule has 0 spiro atoms. The Morgan fingerprint density at radius 2 is 2.29 bits per heavy atom. The van der Waals surface area contributed by atoms with E-state index in [1.54, 1.807) is 12.4 Å². The normalized spacial score (nSPS) is 12.4. The van der Waals surface area contributed by atoms with Crippen molar-refractivity contribution in [2.45, 2.75) is 39.7 Å². The van der Waals surface area contributed by atoms with Gasteiger partial charge in [-0.05, 0) is 47.8 Å². The number of nitrogens with one attached hydrogen (secondary N) is 2. The molecule has 0 aliphatic heterocycles. The summed E-state index contributed by atoms with van der Waals surface area (Å²) in [5, 5.41) is 11.9. The van der Waals surface area contributed by atoms with Crippen molar-refractivity contribution in [3.05, 3.63) is 28.0 Å². The van der Waals surface area contributed by atoms with Crippen molar-refractivity contribution in [1.82, 2.24) is 14.9 Å². The molecule has 0 aliphatic rings. The molecule has 0 saturated carbocycles. The molecule has 21 heavy (non-hydrogen) atoms. The van der Waals surface area contributed by atoms with Gasteiger partial charge < -0.3 is 5.32 Å². The first kappa shape index (κ1) is 15.8. The summed E-state index contributed by atoms with van der Waals surface area (Å²) in [6, 6.07) is 1.44. The molecule has 1 amide bonds. The van der Waals surface area contributed by atoms with Gasteiger partial charge in [-0.25, -0.2) is 10.5 Å². The number of imidazole rings is 1. The Kier molecular flexibility index (Phi) is 4.84. The van der Waals surface area contributed by atoms with Crippen LogP contribution in [0.1, 0.15) is 31.5 Å². The quantitative estimate of drug-likeness (QED) is 0.569. The highest BCUT2D eigenvalue weighted by Gasteiger charge is 2.18. The lowest BCUT2D eigenvalue weighted by Gasteiger charge is -2.14. The van der Waals surface area contributed by atoms with Crippen molar-refractivity contribution in [3.63, 3.8) is 0 Å². The molecular weight excluding hydrogens is 336 g/mol. The maximum absolute atomic E-state index is 11.5. The van der Waals surface area contributed by atoms with Gasteiger partial charge >= 0.3 is 0 Å². The molecule has 7 heteroatoms. The van der Waals surface area contributed by atoms with Crippen LogP contribution in [-0.2, 0) is 11.2 Å². The molecule has 2 aromatic rings. The number of hydrogen-bond donors (Lipinski definition) is 3. The van der Waals surface area contributed by atoms with E-state index in [2.05, 4.69) is 33.2 Å². The van der Waals surface area contributed by atoms with Crippen LogP contribution in [0.4, 0.5) is 5.82 Å². The van der Waals surface area contributed by atoms with Crippen LogP contribution in [0.15, 0.2) is 16.7 Å². The fourth-order valence-corrected chi connectivity index (χ4v) is 2.79. The summed E-state index contributed by atoms with van der Waals surface area (Å²) in [5.74, 6) is 0.298. The average Bonchev–Trinajstić information content (AvgIpc) is 2.77. The number of fused-ring (bicyclic) bond motifs is 1. The van der Waals surface area contributed by atoms with Crippen LogP contribution in [0, 0.1) is 6.92 Å². The van der Waals surface area contributed by atoms with E-state index < -0.39 is 11.9 Å². The van der Waals surface area contributed by atoms with Crippen molar-refractivity contribution in [2.24, 2.45) is 0 Å². The van der Waals surface area contributed by atoms with Gasteiger partial charge in [0.15, 0.2) is 0 Å². The number of nitrogens with zero attached hydrogens (tertiary/aromatic N) is 2. The molecule has 2 heterocycles. The van der Waals surface area contributed by atoms with Gasteiger partial charge in [-0.3, -0.25) is 14.4 Å². The second kappa shape index (κ2) is 6.44. The van der Waals surface area contributed by atoms with E-state index in [9.17, 15) is 4.79 Å². The minimum absolute atomic E-state index is 0.487. The highest BCUT2D eigenvalue weighted by molar-refractivity contribution is 9.10. The lowest BCUT2D eigenvalue weighted by Crippen LogP contribution is -2.36. The largest absolute Gasteiger partial charge is 0.358 e. The molecule has 0 aliphatic carbocycles. The number of hydroxylamine groups is 1. The van der Waals surface area contributed by atoms with Gasteiger partial charge in [-0.15, -0.1) is 0 Å². The lowest BCUT2D eigenvalue weighted by atomic mass is 10.2. The number of amides is 1. The molecule has 0 bridgehead atoms. The summed E-state index contributed by atoms with van der Waals surface area (Å²) in [7, 11) is 0. The Bertz CT molecular complexity index is 669. The van der Waals surface area contributed by atoms with Crippen LogP contribution < -0.4 is 10.8 Å². The standard InChI is InChI=1S/C14H19BrN4O2/c1-4-5-11-13(16-9(3)14(20)18-21)19-7-10(15)6-8(2)12(19)17-11/h6-7,9,16,21H,4-5H2,1-3H3,(H,18,20).